The molecule has 0 amide bonds. The van der Waals surface area contributed by atoms with Crippen LogP contribution in [0, 0.1) is 0 Å². The zero-order valence-corrected chi connectivity index (χ0v) is 18.6. The number of hydrogen-bond acceptors (Lipinski definition) is 5. The Balaban J connectivity index is 1.37. The minimum absolute atomic E-state index is 0.0524. The van der Waals surface area contributed by atoms with Gasteiger partial charge in [0.25, 0.3) is 5.56 Å². The van der Waals surface area contributed by atoms with E-state index in [1.165, 1.54) is 16.5 Å². The molecule has 0 spiro atoms. The van der Waals surface area contributed by atoms with Crippen molar-refractivity contribution < 1.29 is 0 Å². The molecule has 162 valence electrons. The van der Waals surface area contributed by atoms with Crippen LogP contribution in [-0.2, 0) is 19.4 Å². The molecule has 31 heavy (non-hydrogen) atoms. The summed E-state index contributed by atoms with van der Waals surface area (Å²) in [5.74, 6) is 0.945. The zero-order chi connectivity index (χ0) is 21.4. The van der Waals surface area contributed by atoms with Gasteiger partial charge in [0, 0.05) is 50.2 Å². The maximum absolute atomic E-state index is 12.6. The Hall–Kier alpha value is -2.57. The molecule has 1 saturated heterocycles. The number of rotatable bonds is 4. The van der Waals surface area contributed by atoms with E-state index in [4.69, 9.17) is 11.6 Å². The number of anilines is 2. The van der Waals surface area contributed by atoms with Gasteiger partial charge in [0.05, 0.1) is 11.2 Å². The summed E-state index contributed by atoms with van der Waals surface area (Å²) in [7, 11) is 0. The molecule has 5 rings (SSSR count). The first kappa shape index (κ1) is 20.3. The quantitative estimate of drug-likeness (QED) is 0.607. The van der Waals surface area contributed by atoms with Gasteiger partial charge in [0.2, 0.25) is 0 Å². The maximum atomic E-state index is 12.6. The van der Waals surface area contributed by atoms with Crippen molar-refractivity contribution in [2.45, 2.75) is 32.7 Å². The molecule has 0 radical (unpaired) electrons. The lowest BCUT2D eigenvalue weighted by Gasteiger charge is -2.35. The molecule has 0 aliphatic carbocycles. The summed E-state index contributed by atoms with van der Waals surface area (Å²) < 4.78 is 0. The van der Waals surface area contributed by atoms with Crippen LogP contribution in [0.2, 0.25) is 5.15 Å². The van der Waals surface area contributed by atoms with E-state index in [2.05, 4.69) is 44.1 Å². The number of nitrogens with one attached hydrogen (secondary N) is 2. The first-order chi connectivity index (χ1) is 15.1. The van der Waals surface area contributed by atoms with Crippen molar-refractivity contribution in [1.29, 1.82) is 0 Å². The monoisotopic (exact) mass is 437 g/mol. The molecule has 1 fully saturated rings. The first-order valence-corrected chi connectivity index (χ1v) is 11.5. The van der Waals surface area contributed by atoms with Crippen molar-refractivity contribution >= 4 is 34.0 Å². The predicted octanol–water partition coefficient (Wildman–Crippen LogP) is 3.82. The van der Waals surface area contributed by atoms with E-state index >= 15 is 0 Å². The highest BCUT2D eigenvalue weighted by atomic mass is 35.5. The van der Waals surface area contributed by atoms with Crippen LogP contribution in [0.15, 0.2) is 35.1 Å². The zero-order valence-electron chi connectivity index (χ0n) is 17.9. The van der Waals surface area contributed by atoms with Gasteiger partial charge in [-0.2, -0.15) is 0 Å². The number of fused-ring (bicyclic) bond motifs is 3. The molecule has 3 aromatic rings. The van der Waals surface area contributed by atoms with Crippen LogP contribution in [0.4, 0.5) is 11.5 Å². The van der Waals surface area contributed by atoms with Gasteiger partial charge in [-0.15, -0.1) is 0 Å². The van der Waals surface area contributed by atoms with Crippen LogP contribution in [0.5, 0.6) is 0 Å². The summed E-state index contributed by atoms with van der Waals surface area (Å²) in [6.07, 6.45) is 2.81. The summed E-state index contributed by atoms with van der Waals surface area (Å²) in [5.41, 5.74) is 5.52. The Kier molecular flexibility index (Phi) is 5.59. The van der Waals surface area contributed by atoms with Gasteiger partial charge in [0.15, 0.2) is 0 Å². The lowest BCUT2D eigenvalue weighted by atomic mass is 9.95. The van der Waals surface area contributed by atoms with E-state index in [1.807, 2.05) is 18.2 Å². The van der Waals surface area contributed by atoms with Crippen LogP contribution in [0.1, 0.15) is 30.0 Å². The minimum Gasteiger partial charge on any atom is -0.384 e. The third-order valence-corrected chi connectivity index (χ3v) is 6.65. The predicted molar refractivity (Wildman–Crippen MR) is 127 cm³/mol. The number of pyridine rings is 2. The van der Waals surface area contributed by atoms with E-state index in [0.29, 0.717) is 5.15 Å². The van der Waals surface area contributed by atoms with Crippen molar-refractivity contribution in [2.75, 3.05) is 42.9 Å². The Labute approximate surface area is 187 Å². The van der Waals surface area contributed by atoms with Crippen molar-refractivity contribution in [3.63, 3.8) is 0 Å². The highest BCUT2D eigenvalue weighted by Gasteiger charge is 2.21. The van der Waals surface area contributed by atoms with Crippen LogP contribution in [0.25, 0.3) is 10.9 Å². The number of aromatic amines is 1. The van der Waals surface area contributed by atoms with Crippen molar-refractivity contribution in [2.24, 2.45) is 0 Å². The number of aromatic nitrogens is 2. The van der Waals surface area contributed by atoms with Crippen LogP contribution < -0.4 is 15.8 Å². The second-order valence-corrected chi connectivity index (χ2v) is 8.84. The Morgan fingerprint density at radius 2 is 2.00 bits per heavy atom. The molecule has 0 unspecified atom stereocenters. The lowest BCUT2D eigenvalue weighted by Crippen LogP contribution is -2.46. The third-order valence-electron chi connectivity index (χ3n) is 6.44. The highest BCUT2D eigenvalue weighted by Crippen LogP contribution is 2.32. The number of nitrogens with zero attached hydrogens (tertiary/aromatic N) is 3. The summed E-state index contributed by atoms with van der Waals surface area (Å²) >= 11 is 6.05. The highest BCUT2D eigenvalue weighted by molar-refractivity contribution is 6.29. The molecular weight excluding hydrogens is 410 g/mol. The van der Waals surface area contributed by atoms with Crippen molar-refractivity contribution in [3.05, 3.63) is 62.5 Å². The standard InChI is InChI=1S/C24H28ClN5O/c1-2-17-13-16(14-19-22(17)23-18(24(31)27-19)5-4-8-26-23)15-29-9-11-30(12-10-29)21-7-3-6-20(25)28-21/h3,6-7,13-14,26H,2,4-5,8-12,15H2,1H3,(H,27,31). The van der Waals surface area contributed by atoms with Crippen LogP contribution in [0.3, 0.4) is 0 Å². The lowest BCUT2D eigenvalue weighted by molar-refractivity contribution is 0.249. The molecule has 2 aliphatic heterocycles. The van der Waals surface area contributed by atoms with Crippen molar-refractivity contribution in [3.8, 4) is 0 Å². The fraction of sp³-hybridized carbons (Fsp3) is 0.417. The van der Waals surface area contributed by atoms with E-state index in [9.17, 15) is 4.79 Å². The van der Waals surface area contributed by atoms with E-state index in [1.54, 1.807) is 0 Å². The number of H-pyrrole nitrogens is 1. The molecule has 7 heteroatoms. The number of aryl methyl sites for hydroxylation is 1. The molecular formula is C24H28ClN5O. The van der Waals surface area contributed by atoms with Gasteiger partial charge in [-0.25, -0.2) is 4.98 Å². The normalized spacial score (nSPS) is 16.9. The maximum Gasteiger partial charge on any atom is 0.253 e. The second-order valence-electron chi connectivity index (χ2n) is 8.45. The molecule has 2 N–H and O–H groups in total. The molecule has 2 aromatic heterocycles. The van der Waals surface area contributed by atoms with Gasteiger partial charge >= 0.3 is 0 Å². The third kappa shape index (κ3) is 4.02. The molecule has 6 nitrogen and oxygen atoms in total. The Morgan fingerprint density at radius 1 is 1.16 bits per heavy atom. The van der Waals surface area contributed by atoms with Crippen LogP contribution >= 0.6 is 11.6 Å². The van der Waals surface area contributed by atoms with Gasteiger partial charge in [0.1, 0.15) is 11.0 Å². The van der Waals surface area contributed by atoms with Crippen LogP contribution in [-0.4, -0.2) is 47.6 Å². The van der Waals surface area contributed by atoms with E-state index in [-0.39, 0.29) is 5.56 Å². The van der Waals surface area contributed by atoms with Gasteiger partial charge in [-0.3, -0.25) is 9.69 Å². The fourth-order valence-electron chi connectivity index (χ4n) is 4.87. The average molecular weight is 438 g/mol. The smallest absolute Gasteiger partial charge is 0.253 e. The molecule has 1 aromatic carbocycles. The van der Waals surface area contributed by atoms with Crippen molar-refractivity contribution in [1.82, 2.24) is 14.9 Å². The largest absolute Gasteiger partial charge is 0.384 e. The Morgan fingerprint density at radius 3 is 2.77 bits per heavy atom. The minimum atomic E-state index is 0.0524. The topological polar surface area (TPSA) is 64.3 Å². The van der Waals surface area contributed by atoms with Gasteiger partial charge < -0.3 is 15.2 Å². The number of piperazine rings is 1. The molecule has 0 bridgehead atoms. The number of halogens is 1. The average Bonchev–Trinajstić information content (AvgIpc) is 2.79. The van der Waals surface area contributed by atoms with E-state index < -0.39 is 0 Å². The number of benzene rings is 1. The molecule has 0 atom stereocenters. The van der Waals surface area contributed by atoms with Gasteiger partial charge in [-0.05, 0) is 48.6 Å². The molecule has 0 saturated carbocycles. The summed E-state index contributed by atoms with van der Waals surface area (Å²) in [5, 5.41) is 5.22. The first-order valence-electron chi connectivity index (χ1n) is 11.2. The van der Waals surface area contributed by atoms with E-state index in [0.717, 1.165) is 81.1 Å². The molecule has 4 heterocycles. The summed E-state index contributed by atoms with van der Waals surface area (Å²) in [6.45, 7) is 7.79. The summed E-state index contributed by atoms with van der Waals surface area (Å²) in [4.78, 5) is 25.0. The summed E-state index contributed by atoms with van der Waals surface area (Å²) in [6, 6.07) is 10.3. The SMILES string of the molecule is CCc1cc(CN2CCN(c3cccc(Cl)n3)CC2)cc2[nH]c(=O)c3c(c12)NCCC3. The number of hydrogen-bond donors (Lipinski definition) is 2. The molecule has 2 aliphatic rings. The Bertz CT molecular complexity index is 1170. The fourth-order valence-corrected chi connectivity index (χ4v) is 5.03. The van der Waals surface area contributed by atoms with Gasteiger partial charge in [-0.1, -0.05) is 30.7 Å². The second kappa shape index (κ2) is 8.52.